The van der Waals surface area contributed by atoms with E-state index in [1.54, 1.807) is 20.8 Å². The van der Waals surface area contributed by atoms with Gasteiger partial charge in [0.05, 0.1) is 5.56 Å². The lowest BCUT2D eigenvalue weighted by Crippen LogP contribution is -2.47. The molecule has 0 saturated carbocycles. The molecule has 0 bridgehead atoms. The van der Waals surface area contributed by atoms with Gasteiger partial charge in [0.25, 0.3) is 0 Å². The van der Waals surface area contributed by atoms with Crippen LogP contribution in [0.4, 0.5) is 23.8 Å². The Balaban J connectivity index is 2.04. The van der Waals surface area contributed by atoms with Gasteiger partial charge in [0, 0.05) is 19.1 Å². The molecule has 1 aromatic rings. The van der Waals surface area contributed by atoms with Crippen molar-refractivity contribution in [3.05, 3.63) is 16.8 Å². The van der Waals surface area contributed by atoms with Crippen LogP contribution < -0.4 is 5.32 Å². The Bertz CT molecular complexity index is 634. The number of alkyl halides is 3. The maximum atomic E-state index is 12.9. The van der Waals surface area contributed by atoms with E-state index in [0.717, 1.165) is 6.07 Å². The van der Waals surface area contributed by atoms with E-state index < -0.39 is 28.6 Å². The van der Waals surface area contributed by atoms with Gasteiger partial charge in [-0.05, 0) is 39.7 Å². The summed E-state index contributed by atoms with van der Waals surface area (Å²) in [7, 11) is 0. The first-order valence-electron chi connectivity index (χ1n) is 7.80. The average Bonchev–Trinajstić information content (AvgIpc) is 2.47. The summed E-state index contributed by atoms with van der Waals surface area (Å²) in [4.78, 5) is 13.7. The molecule has 1 aromatic heterocycles. The molecule has 1 amide bonds. The van der Waals surface area contributed by atoms with E-state index in [4.69, 9.17) is 16.3 Å². The molecule has 0 spiro atoms. The third-order valence-electron chi connectivity index (χ3n) is 3.48. The maximum absolute atomic E-state index is 12.9. The van der Waals surface area contributed by atoms with Crippen LogP contribution in [0.5, 0.6) is 0 Å². The molecule has 1 unspecified atom stereocenters. The Kier molecular flexibility index (Phi) is 5.65. The summed E-state index contributed by atoms with van der Waals surface area (Å²) in [6.45, 7) is 6.15. The first-order chi connectivity index (χ1) is 11.5. The molecule has 0 radical (unpaired) electrons. The molecule has 10 heteroatoms. The highest BCUT2D eigenvalue weighted by molar-refractivity contribution is 6.30. The number of nitrogens with one attached hydrogen (secondary N) is 1. The molecule has 25 heavy (non-hydrogen) atoms. The van der Waals surface area contributed by atoms with Crippen LogP contribution in [0.25, 0.3) is 0 Å². The molecule has 2 rings (SSSR count). The van der Waals surface area contributed by atoms with E-state index in [1.165, 1.54) is 4.90 Å². The monoisotopic (exact) mass is 380 g/mol. The number of rotatable bonds is 2. The highest BCUT2D eigenvalue weighted by atomic mass is 35.5. The fourth-order valence-electron chi connectivity index (χ4n) is 2.44. The number of carbonyl (C=O) groups excluding carboxylic acids is 1. The van der Waals surface area contributed by atoms with Crippen molar-refractivity contribution in [1.29, 1.82) is 0 Å². The zero-order chi connectivity index (χ0) is 18.8. The SMILES string of the molecule is CC(C)(C)OC(=O)N1CCCC(Nc2cc(C(F)(F)F)c(Cl)nn2)C1. The average molecular weight is 381 g/mol. The molecule has 0 aromatic carbocycles. The van der Waals surface area contributed by atoms with E-state index in [2.05, 4.69) is 15.5 Å². The second-order valence-electron chi connectivity index (χ2n) is 6.84. The number of carbonyl (C=O) groups is 1. The van der Waals surface area contributed by atoms with Gasteiger partial charge in [-0.15, -0.1) is 10.2 Å². The fraction of sp³-hybridized carbons (Fsp3) is 0.667. The van der Waals surface area contributed by atoms with Crippen LogP contribution in [0.1, 0.15) is 39.2 Å². The van der Waals surface area contributed by atoms with E-state index in [-0.39, 0.29) is 11.9 Å². The normalized spacial score (nSPS) is 18.8. The van der Waals surface area contributed by atoms with E-state index >= 15 is 0 Å². The summed E-state index contributed by atoms with van der Waals surface area (Å²) in [5.41, 5.74) is -1.66. The highest BCUT2D eigenvalue weighted by Crippen LogP contribution is 2.34. The van der Waals surface area contributed by atoms with Crippen molar-refractivity contribution < 1.29 is 22.7 Å². The van der Waals surface area contributed by atoms with E-state index in [0.29, 0.717) is 25.9 Å². The molecule has 1 aliphatic rings. The molecule has 140 valence electrons. The van der Waals surface area contributed by atoms with Crippen LogP contribution in [-0.4, -0.2) is 45.9 Å². The molecule has 1 atom stereocenters. The minimum atomic E-state index is -4.61. The second-order valence-corrected chi connectivity index (χ2v) is 7.20. The van der Waals surface area contributed by atoms with Gasteiger partial charge in [-0.1, -0.05) is 11.6 Å². The van der Waals surface area contributed by atoms with Crippen LogP contribution in [-0.2, 0) is 10.9 Å². The number of likely N-dealkylation sites (tertiary alicyclic amines) is 1. The summed E-state index contributed by atoms with van der Waals surface area (Å²) in [5, 5.41) is 9.18. The van der Waals surface area contributed by atoms with E-state index in [1.807, 2.05) is 0 Å². The largest absolute Gasteiger partial charge is 0.444 e. The summed E-state index contributed by atoms with van der Waals surface area (Å²) in [6, 6.07) is 0.569. The molecular formula is C15H20ClF3N4O2. The number of hydrogen-bond acceptors (Lipinski definition) is 5. The van der Waals surface area contributed by atoms with Crippen molar-refractivity contribution in [2.24, 2.45) is 0 Å². The zero-order valence-electron chi connectivity index (χ0n) is 14.2. The third-order valence-corrected chi connectivity index (χ3v) is 3.76. The molecular weight excluding hydrogens is 361 g/mol. The first-order valence-corrected chi connectivity index (χ1v) is 8.18. The lowest BCUT2D eigenvalue weighted by Gasteiger charge is -2.34. The highest BCUT2D eigenvalue weighted by Gasteiger charge is 2.35. The van der Waals surface area contributed by atoms with Crippen LogP contribution >= 0.6 is 11.6 Å². The molecule has 1 saturated heterocycles. The van der Waals surface area contributed by atoms with Gasteiger partial charge in [-0.3, -0.25) is 0 Å². The molecule has 1 N–H and O–H groups in total. The van der Waals surface area contributed by atoms with E-state index in [9.17, 15) is 18.0 Å². The van der Waals surface area contributed by atoms with Crippen molar-refractivity contribution in [1.82, 2.24) is 15.1 Å². The molecule has 0 aliphatic carbocycles. The number of halogens is 4. The fourth-order valence-corrected chi connectivity index (χ4v) is 2.64. The van der Waals surface area contributed by atoms with Gasteiger partial charge in [0.15, 0.2) is 5.15 Å². The summed E-state index contributed by atoms with van der Waals surface area (Å²) in [6.07, 6.45) is -3.68. The topological polar surface area (TPSA) is 67.3 Å². The number of anilines is 1. The van der Waals surface area contributed by atoms with Crippen LogP contribution in [0, 0.1) is 0 Å². The van der Waals surface area contributed by atoms with Crippen LogP contribution in [0.15, 0.2) is 6.07 Å². The number of piperidine rings is 1. The number of ether oxygens (including phenoxy) is 1. The summed E-state index contributed by atoms with van der Waals surface area (Å²) in [5.74, 6) is -0.0345. The van der Waals surface area contributed by atoms with Crippen molar-refractivity contribution in [2.75, 3.05) is 18.4 Å². The summed E-state index contributed by atoms with van der Waals surface area (Å²) >= 11 is 5.46. The van der Waals surface area contributed by atoms with Crippen molar-refractivity contribution in [3.8, 4) is 0 Å². The zero-order valence-corrected chi connectivity index (χ0v) is 14.9. The Morgan fingerprint density at radius 1 is 1.36 bits per heavy atom. The Morgan fingerprint density at radius 3 is 2.64 bits per heavy atom. The standard InChI is InChI=1S/C15H20ClF3N4O2/c1-14(2,3)25-13(24)23-6-4-5-9(8-23)20-11-7-10(15(17,18)19)12(16)22-21-11/h7,9H,4-6,8H2,1-3H3,(H,20,21). The number of amides is 1. The molecule has 6 nitrogen and oxygen atoms in total. The smallest absolute Gasteiger partial charge is 0.419 e. The van der Waals surface area contributed by atoms with Gasteiger partial charge in [-0.25, -0.2) is 4.79 Å². The van der Waals surface area contributed by atoms with Gasteiger partial charge in [0.1, 0.15) is 11.4 Å². The summed E-state index contributed by atoms with van der Waals surface area (Å²) < 4.78 is 44.0. The van der Waals surface area contributed by atoms with Gasteiger partial charge < -0.3 is 15.0 Å². The number of hydrogen-bond donors (Lipinski definition) is 1. The third kappa shape index (κ3) is 5.62. The lowest BCUT2D eigenvalue weighted by molar-refractivity contribution is -0.137. The van der Waals surface area contributed by atoms with Gasteiger partial charge >= 0.3 is 12.3 Å². The predicted molar refractivity (Wildman–Crippen MR) is 86.5 cm³/mol. The second kappa shape index (κ2) is 7.23. The molecule has 1 fully saturated rings. The van der Waals surface area contributed by atoms with Crippen molar-refractivity contribution >= 4 is 23.5 Å². The molecule has 1 aliphatic heterocycles. The Morgan fingerprint density at radius 2 is 2.04 bits per heavy atom. The van der Waals surface area contributed by atoms with Gasteiger partial charge in [-0.2, -0.15) is 13.2 Å². The van der Waals surface area contributed by atoms with Crippen LogP contribution in [0.3, 0.4) is 0 Å². The maximum Gasteiger partial charge on any atom is 0.419 e. The minimum absolute atomic E-state index is 0.0345. The Labute approximate surface area is 148 Å². The molecule has 2 heterocycles. The lowest BCUT2D eigenvalue weighted by atomic mass is 10.1. The Hall–Kier alpha value is -1.77. The van der Waals surface area contributed by atoms with Crippen LogP contribution in [0.2, 0.25) is 5.15 Å². The minimum Gasteiger partial charge on any atom is -0.444 e. The number of aromatic nitrogens is 2. The van der Waals surface area contributed by atoms with Crippen molar-refractivity contribution in [3.63, 3.8) is 0 Å². The quantitative estimate of drug-likeness (QED) is 0.841. The predicted octanol–water partition coefficient (Wildman–Crippen LogP) is 3.96. The van der Waals surface area contributed by atoms with Crippen molar-refractivity contribution in [2.45, 2.75) is 51.4 Å². The first kappa shape index (κ1) is 19.6. The van der Waals surface area contributed by atoms with Gasteiger partial charge in [0.2, 0.25) is 0 Å². The number of nitrogens with zero attached hydrogens (tertiary/aromatic N) is 3.